The Morgan fingerprint density at radius 2 is 1.50 bits per heavy atom. The van der Waals surface area contributed by atoms with Crippen LogP contribution in [0.1, 0.15) is 0 Å². The Bertz CT molecular complexity index is 671. The van der Waals surface area contributed by atoms with Gasteiger partial charge in [0.25, 0.3) is 0 Å². The Hall–Kier alpha value is -1.13. The van der Waals surface area contributed by atoms with Crippen LogP contribution >= 0.6 is 46.4 Å². The van der Waals surface area contributed by atoms with Gasteiger partial charge in [-0.25, -0.2) is 4.99 Å². The van der Waals surface area contributed by atoms with Crippen LogP contribution in [0.2, 0.25) is 20.1 Å². The third-order valence-electron chi connectivity index (χ3n) is 2.34. The predicted molar refractivity (Wildman–Crippen MR) is 87.8 cm³/mol. The topological polar surface area (TPSA) is 50.4 Å². The van der Waals surface area contributed by atoms with Crippen molar-refractivity contribution in [2.45, 2.75) is 0 Å². The first-order valence-corrected chi connectivity index (χ1v) is 6.98. The van der Waals surface area contributed by atoms with Crippen molar-refractivity contribution in [2.24, 2.45) is 10.7 Å². The minimum Gasteiger partial charge on any atom is -0.369 e. The SMILES string of the molecule is NC(=Nc1ccc(Cl)cc1Cl)Nc1ccc(Cl)cc1Cl. The number of nitrogens with two attached hydrogens (primary N) is 1. The van der Waals surface area contributed by atoms with Crippen molar-refractivity contribution < 1.29 is 0 Å². The van der Waals surface area contributed by atoms with Crippen LogP contribution in [-0.4, -0.2) is 5.96 Å². The third kappa shape index (κ3) is 3.93. The van der Waals surface area contributed by atoms with E-state index in [9.17, 15) is 0 Å². The number of guanidine groups is 1. The zero-order chi connectivity index (χ0) is 14.7. The van der Waals surface area contributed by atoms with Gasteiger partial charge in [0.1, 0.15) is 0 Å². The molecule has 0 aliphatic carbocycles. The molecule has 0 fully saturated rings. The summed E-state index contributed by atoms with van der Waals surface area (Å²) in [6.45, 7) is 0. The van der Waals surface area contributed by atoms with Crippen molar-refractivity contribution in [3.8, 4) is 0 Å². The summed E-state index contributed by atoms with van der Waals surface area (Å²) in [5.41, 5.74) is 6.91. The van der Waals surface area contributed by atoms with Gasteiger partial charge in [0, 0.05) is 10.0 Å². The number of nitrogens with zero attached hydrogens (tertiary/aromatic N) is 1. The van der Waals surface area contributed by atoms with Crippen molar-refractivity contribution in [3.63, 3.8) is 0 Å². The van der Waals surface area contributed by atoms with Gasteiger partial charge in [-0.3, -0.25) is 0 Å². The number of benzene rings is 2. The van der Waals surface area contributed by atoms with Crippen LogP contribution in [0.25, 0.3) is 0 Å². The molecular weight excluding hydrogens is 340 g/mol. The van der Waals surface area contributed by atoms with Gasteiger partial charge in [0.2, 0.25) is 0 Å². The average molecular weight is 349 g/mol. The van der Waals surface area contributed by atoms with Crippen LogP contribution in [0.4, 0.5) is 11.4 Å². The smallest absolute Gasteiger partial charge is 0.198 e. The molecule has 2 rings (SSSR count). The molecule has 3 nitrogen and oxygen atoms in total. The molecule has 0 saturated heterocycles. The molecule has 0 amide bonds. The lowest BCUT2D eigenvalue weighted by Gasteiger charge is -2.08. The Kier molecular flexibility index (Phi) is 5.00. The van der Waals surface area contributed by atoms with Gasteiger partial charge in [-0.1, -0.05) is 46.4 Å². The highest BCUT2D eigenvalue weighted by Gasteiger charge is 2.04. The van der Waals surface area contributed by atoms with Crippen LogP contribution in [-0.2, 0) is 0 Å². The summed E-state index contributed by atoms with van der Waals surface area (Å²) in [6.07, 6.45) is 0. The number of hydrogen-bond donors (Lipinski definition) is 2. The van der Waals surface area contributed by atoms with Crippen LogP contribution in [0, 0.1) is 0 Å². The average Bonchev–Trinajstić information content (AvgIpc) is 2.36. The van der Waals surface area contributed by atoms with E-state index in [0.717, 1.165) is 0 Å². The molecule has 20 heavy (non-hydrogen) atoms. The number of nitrogens with one attached hydrogen (secondary N) is 1. The van der Waals surface area contributed by atoms with Gasteiger partial charge < -0.3 is 11.1 Å². The highest BCUT2D eigenvalue weighted by atomic mass is 35.5. The minimum absolute atomic E-state index is 0.151. The lowest BCUT2D eigenvalue weighted by molar-refractivity contribution is 1.44. The van der Waals surface area contributed by atoms with E-state index < -0.39 is 0 Å². The van der Waals surface area contributed by atoms with Crippen LogP contribution in [0.5, 0.6) is 0 Å². The highest BCUT2D eigenvalue weighted by Crippen LogP contribution is 2.28. The summed E-state index contributed by atoms with van der Waals surface area (Å²) >= 11 is 23.7. The van der Waals surface area contributed by atoms with E-state index in [1.54, 1.807) is 36.4 Å². The molecule has 0 bridgehead atoms. The monoisotopic (exact) mass is 347 g/mol. The fourth-order valence-corrected chi connectivity index (χ4v) is 2.36. The fourth-order valence-electron chi connectivity index (χ4n) is 1.46. The number of halogens is 4. The maximum atomic E-state index is 6.03. The van der Waals surface area contributed by atoms with Gasteiger partial charge in [0.05, 0.1) is 21.4 Å². The molecule has 3 N–H and O–H groups in total. The number of rotatable bonds is 2. The molecule has 0 aromatic heterocycles. The summed E-state index contributed by atoms with van der Waals surface area (Å²) in [5.74, 6) is 0.151. The molecule has 7 heteroatoms. The molecule has 0 aliphatic heterocycles. The Balaban J connectivity index is 2.22. The van der Waals surface area contributed by atoms with Crippen molar-refractivity contribution >= 4 is 63.7 Å². The van der Waals surface area contributed by atoms with Crippen LogP contribution in [0.15, 0.2) is 41.4 Å². The van der Waals surface area contributed by atoms with Crippen molar-refractivity contribution in [1.29, 1.82) is 0 Å². The Morgan fingerprint density at radius 1 is 0.900 bits per heavy atom. The second kappa shape index (κ2) is 6.55. The van der Waals surface area contributed by atoms with Crippen molar-refractivity contribution in [3.05, 3.63) is 56.5 Å². The van der Waals surface area contributed by atoms with Gasteiger partial charge in [0.15, 0.2) is 5.96 Å². The molecule has 104 valence electrons. The molecule has 0 aliphatic rings. The molecule has 0 unspecified atom stereocenters. The Morgan fingerprint density at radius 3 is 2.10 bits per heavy atom. The van der Waals surface area contributed by atoms with E-state index in [4.69, 9.17) is 52.1 Å². The zero-order valence-electron chi connectivity index (χ0n) is 10.0. The lowest BCUT2D eigenvalue weighted by atomic mass is 10.3. The molecule has 0 saturated carbocycles. The maximum Gasteiger partial charge on any atom is 0.198 e. The number of aliphatic imine (C=N–C) groups is 1. The van der Waals surface area contributed by atoms with E-state index in [-0.39, 0.29) is 5.96 Å². The quantitative estimate of drug-likeness (QED) is 0.567. The van der Waals surface area contributed by atoms with E-state index in [0.29, 0.717) is 31.5 Å². The molecular formula is C13H9Cl4N3. The predicted octanol–water partition coefficient (Wildman–Crippen LogP) is 5.36. The minimum atomic E-state index is 0.151. The molecule has 2 aromatic carbocycles. The fraction of sp³-hybridized carbons (Fsp3) is 0. The van der Waals surface area contributed by atoms with Crippen LogP contribution < -0.4 is 11.1 Å². The summed E-state index contributed by atoms with van der Waals surface area (Å²) in [5, 5.41) is 4.79. The summed E-state index contributed by atoms with van der Waals surface area (Å²) < 4.78 is 0. The third-order valence-corrected chi connectivity index (χ3v) is 3.43. The van der Waals surface area contributed by atoms with Gasteiger partial charge in [-0.2, -0.15) is 0 Å². The zero-order valence-corrected chi connectivity index (χ0v) is 13.0. The first kappa shape index (κ1) is 15.3. The molecule has 0 heterocycles. The molecule has 0 atom stereocenters. The van der Waals surface area contributed by atoms with Gasteiger partial charge >= 0.3 is 0 Å². The standard InChI is InChI=1S/C13H9Cl4N3/c14-7-1-3-11(9(16)5-7)19-13(18)20-12-4-2-8(15)6-10(12)17/h1-6H,(H3,18,19,20). The van der Waals surface area contributed by atoms with Gasteiger partial charge in [-0.15, -0.1) is 0 Å². The number of hydrogen-bond acceptors (Lipinski definition) is 1. The van der Waals surface area contributed by atoms with E-state index in [1.165, 1.54) is 0 Å². The van der Waals surface area contributed by atoms with E-state index >= 15 is 0 Å². The van der Waals surface area contributed by atoms with E-state index in [2.05, 4.69) is 10.3 Å². The normalized spacial score (nSPS) is 11.5. The first-order chi connectivity index (χ1) is 9.45. The molecule has 0 radical (unpaired) electrons. The van der Waals surface area contributed by atoms with Crippen molar-refractivity contribution in [1.82, 2.24) is 0 Å². The second-order valence-electron chi connectivity index (χ2n) is 3.84. The summed E-state index contributed by atoms with van der Waals surface area (Å²) in [4.78, 5) is 4.16. The Labute approximate surface area is 136 Å². The number of anilines is 1. The maximum absolute atomic E-state index is 6.03. The first-order valence-electron chi connectivity index (χ1n) is 5.47. The van der Waals surface area contributed by atoms with E-state index in [1.807, 2.05) is 0 Å². The molecule has 0 spiro atoms. The highest BCUT2D eigenvalue weighted by molar-refractivity contribution is 6.37. The largest absolute Gasteiger partial charge is 0.369 e. The second-order valence-corrected chi connectivity index (χ2v) is 5.53. The van der Waals surface area contributed by atoms with Gasteiger partial charge in [-0.05, 0) is 36.4 Å². The lowest BCUT2D eigenvalue weighted by Crippen LogP contribution is -2.22. The van der Waals surface area contributed by atoms with Crippen molar-refractivity contribution in [2.75, 3.05) is 5.32 Å². The van der Waals surface area contributed by atoms with Crippen LogP contribution in [0.3, 0.4) is 0 Å². The summed E-state index contributed by atoms with van der Waals surface area (Å²) in [6, 6.07) is 9.94. The molecule has 2 aromatic rings. The summed E-state index contributed by atoms with van der Waals surface area (Å²) in [7, 11) is 0.